The van der Waals surface area contributed by atoms with E-state index >= 15 is 0 Å². The fourth-order valence-electron chi connectivity index (χ4n) is 1.29. The zero-order chi connectivity index (χ0) is 13.3. The Labute approximate surface area is 101 Å². The van der Waals surface area contributed by atoms with Crippen LogP contribution in [0, 0.1) is 0 Å². The molecule has 1 amide bonds. The molecule has 2 N–H and O–H groups in total. The highest BCUT2D eigenvalue weighted by Crippen LogP contribution is 2.22. The number of amides is 1. The number of aliphatic hydroxyl groups is 1. The van der Waals surface area contributed by atoms with Crippen LogP contribution in [0.25, 0.3) is 0 Å². The van der Waals surface area contributed by atoms with Gasteiger partial charge in [0.15, 0.2) is 0 Å². The molecule has 0 aliphatic heterocycles. The van der Waals surface area contributed by atoms with Crippen LogP contribution in [-0.4, -0.2) is 19.4 Å². The summed E-state index contributed by atoms with van der Waals surface area (Å²) in [5.41, 5.74) is -0.675. The third-order valence-corrected chi connectivity index (χ3v) is 3.56. The van der Waals surface area contributed by atoms with Crippen LogP contribution < -0.4 is 4.72 Å². The normalized spacial score (nSPS) is 12.2. The van der Waals surface area contributed by atoms with Crippen LogP contribution in [0.3, 0.4) is 0 Å². The minimum atomic E-state index is -3.85. The molecule has 1 rings (SSSR count). The van der Waals surface area contributed by atoms with E-state index in [1.807, 2.05) is 4.72 Å². The highest BCUT2D eigenvalue weighted by Gasteiger charge is 2.20. The number of carbonyl (C=O) groups excluding carboxylic acids is 1. The topological polar surface area (TPSA) is 83.5 Å². The van der Waals surface area contributed by atoms with Gasteiger partial charge in [0.25, 0.3) is 10.0 Å². The number of hydrogen-bond donors (Lipinski definition) is 2. The standard InChI is InChI=1S/C11H15NO4S/c1-8(13)12-17(15,16)10-6-4-5-9(7-10)11(2,3)14/h4-7,14H,1-3H3,(H,12,13). The summed E-state index contributed by atoms with van der Waals surface area (Å²) in [5, 5.41) is 9.78. The van der Waals surface area contributed by atoms with Crippen LogP contribution in [0.15, 0.2) is 29.2 Å². The van der Waals surface area contributed by atoms with Crippen molar-refractivity contribution in [2.45, 2.75) is 31.3 Å². The third kappa shape index (κ3) is 3.54. The molecular weight excluding hydrogens is 242 g/mol. The van der Waals surface area contributed by atoms with Gasteiger partial charge in [-0.05, 0) is 31.5 Å². The maximum atomic E-state index is 11.7. The van der Waals surface area contributed by atoms with E-state index in [-0.39, 0.29) is 4.90 Å². The van der Waals surface area contributed by atoms with Gasteiger partial charge in [-0.3, -0.25) is 4.79 Å². The number of benzene rings is 1. The summed E-state index contributed by atoms with van der Waals surface area (Å²) in [5.74, 6) is -0.654. The van der Waals surface area contributed by atoms with Gasteiger partial charge in [0.05, 0.1) is 10.5 Å². The summed E-state index contributed by atoms with van der Waals surface area (Å²) >= 11 is 0. The van der Waals surface area contributed by atoms with Gasteiger partial charge < -0.3 is 5.11 Å². The molecule has 0 radical (unpaired) electrons. The lowest BCUT2D eigenvalue weighted by atomic mass is 9.99. The van der Waals surface area contributed by atoms with Crippen LogP contribution >= 0.6 is 0 Å². The maximum Gasteiger partial charge on any atom is 0.264 e. The largest absolute Gasteiger partial charge is 0.386 e. The van der Waals surface area contributed by atoms with Crippen molar-refractivity contribution in [1.29, 1.82) is 0 Å². The Bertz CT molecular complexity index is 529. The van der Waals surface area contributed by atoms with Gasteiger partial charge in [-0.1, -0.05) is 12.1 Å². The molecule has 0 bridgehead atoms. The molecule has 0 atom stereocenters. The summed E-state index contributed by atoms with van der Waals surface area (Å²) in [4.78, 5) is 10.7. The molecule has 0 spiro atoms. The zero-order valence-electron chi connectivity index (χ0n) is 9.89. The van der Waals surface area contributed by atoms with Crippen LogP contribution in [-0.2, 0) is 20.4 Å². The van der Waals surface area contributed by atoms with Gasteiger partial charge in [-0.15, -0.1) is 0 Å². The molecule has 17 heavy (non-hydrogen) atoms. The van der Waals surface area contributed by atoms with Gasteiger partial charge in [0.1, 0.15) is 0 Å². The van der Waals surface area contributed by atoms with E-state index < -0.39 is 21.5 Å². The maximum absolute atomic E-state index is 11.7. The molecule has 0 fully saturated rings. The first-order valence-electron chi connectivity index (χ1n) is 4.99. The highest BCUT2D eigenvalue weighted by atomic mass is 32.2. The van der Waals surface area contributed by atoms with Gasteiger partial charge in [0, 0.05) is 6.92 Å². The molecule has 0 heterocycles. The summed E-state index contributed by atoms with van der Waals surface area (Å²) in [6, 6.07) is 5.83. The van der Waals surface area contributed by atoms with Gasteiger partial charge in [-0.25, -0.2) is 13.1 Å². The lowest BCUT2D eigenvalue weighted by molar-refractivity contribution is -0.117. The first kappa shape index (κ1) is 13.7. The first-order valence-corrected chi connectivity index (χ1v) is 6.47. The van der Waals surface area contributed by atoms with E-state index in [4.69, 9.17) is 0 Å². The van der Waals surface area contributed by atoms with Crippen molar-refractivity contribution in [3.63, 3.8) is 0 Å². The third-order valence-electron chi connectivity index (χ3n) is 2.13. The molecule has 1 aromatic rings. The fraction of sp³-hybridized carbons (Fsp3) is 0.364. The van der Waals surface area contributed by atoms with E-state index in [1.165, 1.54) is 18.2 Å². The number of nitrogens with one attached hydrogen (secondary N) is 1. The second-order valence-electron chi connectivity index (χ2n) is 4.25. The van der Waals surface area contributed by atoms with Crippen LogP contribution in [0.1, 0.15) is 26.3 Å². The molecule has 0 aromatic heterocycles. The molecule has 0 saturated carbocycles. The Kier molecular flexibility index (Phi) is 3.59. The van der Waals surface area contributed by atoms with Gasteiger partial charge in [-0.2, -0.15) is 0 Å². The smallest absolute Gasteiger partial charge is 0.264 e. The van der Waals surface area contributed by atoms with Crippen LogP contribution in [0.5, 0.6) is 0 Å². The van der Waals surface area contributed by atoms with Crippen molar-refractivity contribution in [3.05, 3.63) is 29.8 Å². The van der Waals surface area contributed by atoms with E-state index in [1.54, 1.807) is 19.9 Å². The Hall–Kier alpha value is -1.40. The molecule has 5 nitrogen and oxygen atoms in total. The molecule has 0 saturated heterocycles. The van der Waals surface area contributed by atoms with E-state index in [0.29, 0.717) is 5.56 Å². The second kappa shape index (κ2) is 4.46. The summed E-state index contributed by atoms with van der Waals surface area (Å²) in [7, 11) is -3.85. The fourth-order valence-corrected chi connectivity index (χ4v) is 2.33. The molecule has 1 aromatic carbocycles. The number of carbonyl (C=O) groups is 1. The van der Waals surface area contributed by atoms with E-state index in [9.17, 15) is 18.3 Å². The van der Waals surface area contributed by atoms with Crippen molar-refractivity contribution < 1.29 is 18.3 Å². The van der Waals surface area contributed by atoms with E-state index in [0.717, 1.165) is 6.92 Å². The minimum absolute atomic E-state index is 0.0488. The average molecular weight is 257 g/mol. The molecule has 0 aliphatic rings. The summed E-state index contributed by atoms with van der Waals surface area (Å²) < 4.78 is 25.3. The van der Waals surface area contributed by atoms with Crippen LogP contribution in [0.2, 0.25) is 0 Å². The monoisotopic (exact) mass is 257 g/mol. The van der Waals surface area contributed by atoms with Gasteiger partial charge in [0.2, 0.25) is 5.91 Å². The Morgan fingerprint density at radius 2 is 1.94 bits per heavy atom. The quantitative estimate of drug-likeness (QED) is 0.836. The highest BCUT2D eigenvalue weighted by molar-refractivity contribution is 7.90. The Morgan fingerprint density at radius 3 is 2.41 bits per heavy atom. The number of rotatable bonds is 3. The summed E-state index contributed by atoms with van der Waals surface area (Å²) in [6.45, 7) is 4.23. The van der Waals surface area contributed by atoms with Crippen molar-refractivity contribution in [1.82, 2.24) is 4.72 Å². The van der Waals surface area contributed by atoms with Crippen molar-refractivity contribution in [2.75, 3.05) is 0 Å². The minimum Gasteiger partial charge on any atom is -0.386 e. The van der Waals surface area contributed by atoms with E-state index in [2.05, 4.69) is 0 Å². The number of sulfonamides is 1. The number of hydrogen-bond acceptors (Lipinski definition) is 4. The Balaban J connectivity index is 3.21. The Morgan fingerprint density at radius 1 is 1.35 bits per heavy atom. The second-order valence-corrected chi connectivity index (χ2v) is 5.93. The summed E-state index contributed by atoms with van der Waals surface area (Å²) in [6.07, 6.45) is 0. The molecule has 6 heteroatoms. The lowest BCUT2D eigenvalue weighted by Gasteiger charge is -2.18. The van der Waals surface area contributed by atoms with Crippen LogP contribution in [0.4, 0.5) is 0 Å². The average Bonchev–Trinajstić information content (AvgIpc) is 2.14. The van der Waals surface area contributed by atoms with Crippen molar-refractivity contribution in [3.8, 4) is 0 Å². The SMILES string of the molecule is CC(=O)NS(=O)(=O)c1cccc(C(C)(C)O)c1. The van der Waals surface area contributed by atoms with Crippen molar-refractivity contribution in [2.24, 2.45) is 0 Å². The predicted molar refractivity (Wildman–Crippen MR) is 62.7 cm³/mol. The van der Waals surface area contributed by atoms with Crippen molar-refractivity contribution >= 4 is 15.9 Å². The molecule has 0 aliphatic carbocycles. The predicted octanol–water partition coefficient (Wildman–Crippen LogP) is 0.739. The first-order chi connectivity index (χ1) is 7.63. The molecule has 94 valence electrons. The van der Waals surface area contributed by atoms with Gasteiger partial charge >= 0.3 is 0 Å². The molecular formula is C11H15NO4S. The molecule has 0 unspecified atom stereocenters. The lowest BCUT2D eigenvalue weighted by Crippen LogP contribution is -2.28. The zero-order valence-corrected chi connectivity index (χ0v) is 10.7.